The highest BCUT2D eigenvalue weighted by Crippen LogP contribution is 2.25. The van der Waals surface area contributed by atoms with Crippen LogP contribution in [-0.4, -0.2) is 47.9 Å². The van der Waals surface area contributed by atoms with Crippen molar-refractivity contribution in [2.24, 2.45) is 0 Å². The topological polar surface area (TPSA) is 23.6 Å². The Labute approximate surface area is 127 Å². The van der Waals surface area contributed by atoms with Gasteiger partial charge in [0.15, 0.2) is 0 Å². The predicted molar refractivity (Wildman–Crippen MR) is 83.9 cm³/mol. The van der Waals surface area contributed by atoms with Gasteiger partial charge in [0.1, 0.15) is 0 Å². The van der Waals surface area contributed by atoms with Crippen LogP contribution in [0.25, 0.3) is 0 Å². The molecule has 0 aliphatic carbocycles. The molecule has 1 fully saturated rings. The van der Waals surface area contributed by atoms with Crippen LogP contribution < -0.4 is 0 Å². The van der Waals surface area contributed by atoms with E-state index in [1.807, 2.05) is 17.0 Å². The molecular formula is C14H21BrN2OS. The number of hydrogen-bond donors (Lipinski definition) is 0. The third-order valence-corrected chi connectivity index (χ3v) is 5.48. The molecule has 1 saturated heterocycles. The first-order valence-electron chi connectivity index (χ1n) is 6.94. The molecule has 1 aromatic rings. The zero-order chi connectivity index (χ0) is 13.8. The Hall–Kier alpha value is -0.390. The zero-order valence-corrected chi connectivity index (χ0v) is 14.0. The molecule has 0 aromatic carbocycles. The summed E-state index contributed by atoms with van der Waals surface area (Å²) in [6.45, 7) is 8.40. The molecule has 3 nitrogen and oxygen atoms in total. The molecule has 2 rings (SSSR count). The van der Waals surface area contributed by atoms with Crippen molar-refractivity contribution in [2.45, 2.75) is 32.7 Å². The van der Waals surface area contributed by atoms with Gasteiger partial charge in [-0.05, 0) is 54.0 Å². The predicted octanol–water partition coefficient (Wildman–Crippen LogP) is 3.46. The largest absolute Gasteiger partial charge is 0.338 e. The van der Waals surface area contributed by atoms with Crippen molar-refractivity contribution < 1.29 is 4.79 Å². The van der Waals surface area contributed by atoms with Crippen molar-refractivity contribution in [3.63, 3.8) is 0 Å². The van der Waals surface area contributed by atoms with Crippen molar-refractivity contribution in [3.8, 4) is 0 Å². The highest BCUT2D eigenvalue weighted by molar-refractivity contribution is 9.11. The summed E-state index contributed by atoms with van der Waals surface area (Å²) < 4.78 is 1.02. The van der Waals surface area contributed by atoms with Gasteiger partial charge in [0.05, 0.1) is 8.66 Å². The maximum Gasteiger partial charge on any atom is 0.263 e. The summed E-state index contributed by atoms with van der Waals surface area (Å²) >= 11 is 4.93. The fourth-order valence-electron chi connectivity index (χ4n) is 2.76. The summed E-state index contributed by atoms with van der Waals surface area (Å²) in [6, 6.07) is 4.50. The first-order chi connectivity index (χ1) is 9.15. The van der Waals surface area contributed by atoms with Crippen LogP contribution in [0.15, 0.2) is 15.9 Å². The summed E-state index contributed by atoms with van der Waals surface area (Å²) in [5, 5.41) is 0. The van der Waals surface area contributed by atoms with E-state index in [1.165, 1.54) is 11.3 Å². The highest BCUT2D eigenvalue weighted by atomic mass is 79.9. The van der Waals surface area contributed by atoms with E-state index in [4.69, 9.17) is 0 Å². The average molecular weight is 345 g/mol. The van der Waals surface area contributed by atoms with E-state index in [1.54, 1.807) is 0 Å². The number of rotatable bonds is 4. The Morgan fingerprint density at radius 3 is 2.47 bits per heavy atom. The molecule has 0 N–H and O–H groups in total. The van der Waals surface area contributed by atoms with Gasteiger partial charge in [-0.1, -0.05) is 13.8 Å². The fourth-order valence-corrected chi connectivity index (χ4v) is 4.11. The molecule has 19 heavy (non-hydrogen) atoms. The van der Waals surface area contributed by atoms with E-state index in [2.05, 4.69) is 34.7 Å². The summed E-state index contributed by atoms with van der Waals surface area (Å²) in [6.07, 6.45) is 2.19. The lowest BCUT2D eigenvalue weighted by molar-refractivity contribution is 0.0636. The Morgan fingerprint density at radius 1 is 1.37 bits per heavy atom. The van der Waals surface area contributed by atoms with Crippen molar-refractivity contribution in [1.29, 1.82) is 0 Å². The van der Waals surface area contributed by atoms with Gasteiger partial charge in [0.2, 0.25) is 0 Å². The number of likely N-dealkylation sites (tertiary alicyclic amines) is 1. The first kappa shape index (κ1) is 15.0. The lowest BCUT2D eigenvalue weighted by Gasteiger charge is -2.37. The number of halogens is 1. The average Bonchev–Trinajstić information content (AvgIpc) is 2.87. The van der Waals surface area contributed by atoms with Gasteiger partial charge in [0, 0.05) is 19.1 Å². The molecule has 1 aliphatic rings. The number of carbonyl (C=O) groups is 1. The quantitative estimate of drug-likeness (QED) is 0.834. The number of amides is 1. The minimum absolute atomic E-state index is 0.189. The van der Waals surface area contributed by atoms with Gasteiger partial charge in [-0.2, -0.15) is 0 Å². The summed E-state index contributed by atoms with van der Waals surface area (Å²) in [7, 11) is 0. The minimum atomic E-state index is 0.189. The molecular weight excluding hydrogens is 324 g/mol. The summed E-state index contributed by atoms with van der Waals surface area (Å²) in [5.41, 5.74) is 0. The van der Waals surface area contributed by atoms with Crippen LogP contribution in [-0.2, 0) is 0 Å². The second-order valence-corrected chi connectivity index (χ2v) is 7.31. The first-order valence-corrected chi connectivity index (χ1v) is 8.55. The third-order valence-electron chi connectivity index (χ3n) is 3.86. The molecule has 0 atom stereocenters. The lowest BCUT2D eigenvalue weighted by Crippen LogP contribution is -2.46. The summed E-state index contributed by atoms with van der Waals surface area (Å²) in [4.78, 5) is 17.7. The van der Waals surface area contributed by atoms with Crippen LogP contribution in [0.2, 0.25) is 0 Å². The normalized spacial score (nSPS) is 17.2. The van der Waals surface area contributed by atoms with Crippen molar-refractivity contribution in [1.82, 2.24) is 9.80 Å². The number of hydrogen-bond acceptors (Lipinski definition) is 3. The highest BCUT2D eigenvalue weighted by Gasteiger charge is 2.26. The van der Waals surface area contributed by atoms with Crippen LogP contribution in [0.5, 0.6) is 0 Å². The van der Waals surface area contributed by atoms with E-state index in [9.17, 15) is 4.79 Å². The Kier molecular flexibility index (Phi) is 5.42. The SMILES string of the molecule is CCN(CC)C1CCN(C(=O)c2ccc(Br)s2)CC1. The maximum atomic E-state index is 12.3. The van der Waals surface area contributed by atoms with Gasteiger partial charge in [-0.3, -0.25) is 4.79 Å². The van der Waals surface area contributed by atoms with Crippen LogP contribution in [0.1, 0.15) is 36.4 Å². The Bertz CT molecular complexity index is 423. The van der Waals surface area contributed by atoms with Crippen LogP contribution in [0.3, 0.4) is 0 Å². The molecule has 1 aromatic heterocycles. The molecule has 1 aliphatic heterocycles. The second kappa shape index (κ2) is 6.86. The molecule has 5 heteroatoms. The third kappa shape index (κ3) is 3.58. The molecule has 0 radical (unpaired) electrons. The standard InChI is InChI=1S/C14H21BrN2OS/c1-3-16(4-2)11-7-9-17(10-8-11)14(18)12-5-6-13(15)19-12/h5-6,11H,3-4,7-10H2,1-2H3. The molecule has 2 heterocycles. The fraction of sp³-hybridized carbons (Fsp3) is 0.643. The van der Waals surface area contributed by atoms with Gasteiger partial charge in [-0.15, -0.1) is 11.3 Å². The monoisotopic (exact) mass is 344 g/mol. The number of carbonyl (C=O) groups excluding carboxylic acids is 1. The van der Waals surface area contributed by atoms with E-state index in [0.29, 0.717) is 6.04 Å². The zero-order valence-electron chi connectivity index (χ0n) is 11.6. The summed E-state index contributed by atoms with van der Waals surface area (Å²) in [5.74, 6) is 0.189. The Balaban J connectivity index is 1.91. The van der Waals surface area contributed by atoms with E-state index >= 15 is 0 Å². The molecule has 1 amide bonds. The van der Waals surface area contributed by atoms with Crippen LogP contribution in [0, 0.1) is 0 Å². The molecule has 106 valence electrons. The molecule has 0 unspecified atom stereocenters. The van der Waals surface area contributed by atoms with Gasteiger partial charge < -0.3 is 9.80 Å². The minimum Gasteiger partial charge on any atom is -0.338 e. The van der Waals surface area contributed by atoms with Crippen molar-refractivity contribution >= 4 is 33.2 Å². The number of piperidine rings is 1. The lowest BCUT2D eigenvalue weighted by atomic mass is 10.0. The molecule has 0 spiro atoms. The van der Waals surface area contributed by atoms with Crippen LogP contribution >= 0.6 is 27.3 Å². The van der Waals surface area contributed by atoms with E-state index in [-0.39, 0.29) is 5.91 Å². The van der Waals surface area contributed by atoms with Gasteiger partial charge in [0.25, 0.3) is 5.91 Å². The maximum absolute atomic E-state index is 12.3. The van der Waals surface area contributed by atoms with Crippen LogP contribution in [0.4, 0.5) is 0 Å². The van der Waals surface area contributed by atoms with E-state index < -0.39 is 0 Å². The van der Waals surface area contributed by atoms with E-state index in [0.717, 1.165) is 47.7 Å². The second-order valence-electron chi connectivity index (χ2n) is 4.85. The number of thiophene rings is 1. The Morgan fingerprint density at radius 2 is 2.00 bits per heavy atom. The molecule has 0 saturated carbocycles. The molecule has 0 bridgehead atoms. The van der Waals surface area contributed by atoms with Gasteiger partial charge >= 0.3 is 0 Å². The van der Waals surface area contributed by atoms with Crippen molar-refractivity contribution in [3.05, 3.63) is 20.8 Å². The number of nitrogens with zero attached hydrogens (tertiary/aromatic N) is 2. The van der Waals surface area contributed by atoms with Gasteiger partial charge in [-0.25, -0.2) is 0 Å². The smallest absolute Gasteiger partial charge is 0.263 e. The van der Waals surface area contributed by atoms with Crippen molar-refractivity contribution in [2.75, 3.05) is 26.2 Å².